The van der Waals surface area contributed by atoms with Crippen molar-refractivity contribution in [1.82, 2.24) is 0 Å². The molecule has 1 aliphatic carbocycles. The minimum Gasteiger partial charge on any atom is -0.0776 e. The number of hydrogen-bond acceptors (Lipinski definition) is 0. The van der Waals surface area contributed by atoms with Gasteiger partial charge in [-0.05, 0) is 16.4 Å². The van der Waals surface area contributed by atoms with Crippen LogP contribution in [0.2, 0.25) is 0 Å². The van der Waals surface area contributed by atoms with Gasteiger partial charge >= 0.3 is 0 Å². The van der Waals surface area contributed by atoms with Gasteiger partial charge in [0.15, 0.2) is 0 Å². The molecular formula is C20H32. The predicted octanol–water partition coefficient (Wildman–Crippen LogP) is 6.39. The summed E-state index contributed by atoms with van der Waals surface area (Å²) in [5.74, 6) is 0.650. The van der Waals surface area contributed by atoms with Crippen LogP contribution in [0.15, 0.2) is 54.6 Å². The smallest absolute Gasteiger partial charge is 0.000136 e. The minimum absolute atomic E-state index is 0. The lowest BCUT2D eigenvalue weighted by molar-refractivity contribution is 0.346. The van der Waals surface area contributed by atoms with Crippen LogP contribution in [0.4, 0.5) is 0 Å². The summed E-state index contributed by atoms with van der Waals surface area (Å²) in [6.45, 7) is 13.5. The second-order valence-electron chi connectivity index (χ2n) is 7.28. The van der Waals surface area contributed by atoms with Gasteiger partial charge in [-0.1, -0.05) is 104 Å². The largest absolute Gasteiger partial charge is 0.0776 e. The quantitative estimate of drug-likeness (QED) is 0.513. The second-order valence-corrected chi connectivity index (χ2v) is 7.28. The fourth-order valence-electron chi connectivity index (χ4n) is 1.95. The normalized spacial score (nSPS) is 14.5. The lowest BCUT2D eigenvalue weighted by Gasteiger charge is -2.23. The molecular weight excluding hydrogens is 240 g/mol. The van der Waals surface area contributed by atoms with E-state index >= 15 is 0 Å². The zero-order valence-electron chi connectivity index (χ0n) is 13.3. The fraction of sp³-hybridized carbons (Fsp3) is 0.500. The summed E-state index contributed by atoms with van der Waals surface area (Å²) in [7, 11) is 0. The summed E-state index contributed by atoms with van der Waals surface area (Å²) >= 11 is 0. The molecule has 0 saturated carbocycles. The topological polar surface area (TPSA) is 0 Å². The SMILES string of the molecule is C.CC(C)(C)C1C=CC=C1.CC(C)(C)c1ccccc1. The van der Waals surface area contributed by atoms with Gasteiger partial charge in [0.2, 0.25) is 0 Å². The van der Waals surface area contributed by atoms with Gasteiger partial charge in [0.25, 0.3) is 0 Å². The molecule has 0 aromatic heterocycles. The van der Waals surface area contributed by atoms with Gasteiger partial charge in [0.05, 0.1) is 0 Å². The van der Waals surface area contributed by atoms with E-state index in [-0.39, 0.29) is 7.43 Å². The molecule has 1 aliphatic rings. The van der Waals surface area contributed by atoms with Crippen LogP contribution in [0.3, 0.4) is 0 Å². The third-order valence-corrected chi connectivity index (χ3v) is 3.39. The molecule has 0 unspecified atom stereocenters. The van der Waals surface area contributed by atoms with Crippen molar-refractivity contribution in [3.05, 3.63) is 60.2 Å². The number of rotatable bonds is 0. The van der Waals surface area contributed by atoms with E-state index in [1.54, 1.807) is 0 Å². The first-order valence-corrected chi connectivity index (χ1v) is 7.12. The number of allylic oxidation sites excluding steroid dienone is 4. The van der Waals surface area contributed by atoms with Crippen molar-refractivity contribution in [2.45, 2.75) is 54.4 Å². The van der Waals surface area contributed by atoms with Crippen LogP contribution in [-0.2, 0) is 5.41 Å². The molecule has 0 amide bonds. The Kier molecular flexibility index (Phi) is 6.99. The van der Waals surface area contributed by atoms with Crippen molar-refractivity contribution in [2.24, 2.45) is 11.3 Å². The molecule has 0 heterocycles. The molecule has 2 rings (SSSR count). The highest BCUT2D eigenvalue weighted by Gasteiger charge is 2.20. The first-order chi connectivity index (χ1) is 8.71. The molecule has 0 atom stereocenters. The maximum Gasteiger partial charge on any atom is 0.000136 e. The molecule has 0 heteroatoms. The molecule has 0 saturated heterocycles. The Hall–Kier alpha value is -1.30. The Labute approximate surface area is 126 Å². The highest BCUT2D eigenvalue weighted by molar-refractivity contribution is 5.22. The molecule has 0 nitrogen and oxygen atoms in total. The molecule has 0 fully saturated rings. The van der Waals surface area contributed by atoms with Crippen molar-refractivity contribution >= 4 is 0 Å². The Balaban J connectivity index is 0.000000345. The highest BCUT2D eigenvalue weighted by Crippen LogP contribution is 2.30. The molecule has 0 bridgehead atoms. The van der Waals surface area contributed by atoms with Crippen LogP contribution in [0, 0.1) is 11.3 Å². The molecule has 20 heavy (non-hydrogen) atoms. The Morgan fingerprint density at radius 3 is 1.45 bits per heavy atom. The van der Waals surface area contributed by atoms with Crippen molar-refractivity contribution in [3.8, 4) is 0 Å². The zero-order valence-corrected chi connectivity index (χ0v) is 13.3. The maximum atomic E-state index is 2.26. The molecule has 0 N–H and O–H groups in total. The minimum atomic E-state index is 0. The average Bonchev–Trinajstić information content (AvgIpc) is 2.83. The van der Waals surface area contributed by atoms with E-state index < -0.39 is 0 Å². The van der Waals surface area contributed by atoms with E-state index in [2.05, 4.69) is 96.2 Å². The Bertz CT molecular complexity index is 409. The first kappa shape index (κ1) is 18.7. The Morgan fingerprint density at radius 2 is 1.20 bits per heavy atom. The summed E-state index contributed by atoms with van der Waals surface area (Å²) < 4.78 is 0. The standard InChI is InChI=1S/C10H14.C9H14.CH4/c1-10(2,3)9-7-5-4-6-8-9;1-9(2,3)8-6-4-5-7-8;/h4-8H,1-3H3;4-8H,1-3H3;1H4. The van der Waals surface area contributed by atoms with Crippen LogP contribution in [0.1, 0.15) is 54.5 Å². The lowest BCUT2D eigenvalue weighted by Crippen LogP contribution is -2.14. The van der Waals surface area contributed by atoms with E-state index in [1.165, 1.54) is 5.56 Å². The van der Waals surface area contributed by atoms with Crippen molar-refractivity contribution < 1.29 is 0 Å². The molecule has 1 aromatic rings. The summed E-state index contributed by atoms with van der Waals surface area (Å²) in [6, 6.07) is 10.6. The van der Waals surface area contributed by atoms with Gasteiger partial charge < -0.3 is 0 Å². The molecule has 0 aliphatic heterocycles. The van der Waals surface area contributed by atoms with Crippen LogP contribution in [-0.4, -0.2) is 0 Å². The summed E-state index contributed by atoms with van der Waals surface area (Å²) in [4.78, 5) is 0. The predicted molar refractivity (Wildman–Crippen MR) is 93.1 cm³/mol. The van der Waals surface area contributed by atoms with Crippen molar-refractivity contribution in [2.75, 3.05) is 0 Å². The van der Waals surface area contributed by atoms with Gasteiger partial charge in [-0.15, -0.1) is 0 Å². The summed E-state index contributed by atoms with van der Waals surface area (Å²) in [5, 5.41) is 0. The van der Waals surface area contributed by atoms with Crippen molar-refractivity contribution in [3.63, 3.8) is 0 Å². The van der Waals surface area contributed by atoms with E-state index in [9.17, 15) is 0 Å². The summed E-state index contributed by atoms with van der Waals surface area (Å²) in [6.07, 6.45) is 8.74. The van der Waals surface area contributed by atoms with E-state index in [4.69, 9.17) is 0 Å². The van der Waals surface area contributed by atoms with Crippen LogP contribution in [0.25, 0.3) is 0 Å². The van der Waals surface area contributed by atoms with Crippen LogP contribution >= 0.6 is 0 Å². The molecule has 0 spiro atoms. The second kappa shape index (κ2) is 7.47. The first-order valence-electron chi connectivity index (χ1n) is 7.12. The van der Waals surface area contributed by atoms with Crippen molar-refractivity contribution in [1.29, 1.82) is 0 Å². The van der Waals surface area contributed by atoms with E-state index in [1.807, 2.05) is 0 Å². The van der Waals surface area contributed by atoms with Crippen LogP contribution < -0.4 is 0 Å². The third-order valence-electron chi connectivity index (χ3n) is 3.39. The molecule has 1 aromatic carbocycles. The highest BCUT2D eigenvalue weighted by atomic mass is 14.2. The fourth-order valence-corrected chi connectivity index (χ4v) is 1.95. The van der Waals surface area contributed by atoms with Gasteiger partial charge in [-0.25, -0.2) is 0 Å². The average molecular weight is 272 g/mol. The molecule has 112 valence electrons. The summed E-state index contributed by atoms with van der Waals surface area (Å²) in [5.41, 5.74) is 2.10. The zero-order chi connectivity index (χ0) is 14.5. The lowest BCUT2D eigenvalue weighted by atomic mass is 9.82. The van der Waals surface area contributed by atoms with E-state index in [0.29, 0.717) is 16.7 Å². The molecule has 0 radical (unpaired) electrons. The van der Waals surface area contributed by atoms with Crippen LogP contribution in [0.5, 0.6) is 0 Å². The maximum absolute atomic E-state index is 2.26. The van der Waals surface area contributed by atoms with Gasteiger partial charge in [0.1, 0.15) is 0 Å². The number of hydrogen-bond donors (Lipinski definition) is 0. The monoisotopic (exact) mass is 272 g/mol. The third kappa shape index (κ3) is 6.23. The van der Waals surface area contributed by atoms with Gasteiger partial charge in [-0.2, -0.15) is 0 Å². The number of benzene rings is 1. The van der Waals surface area contributed by atoms with Gasteiger partial charge in [0, 0.05) is 5.92 Å². The Morgan fingerprint density at radius 1 is 0.750 bits per heavy atom. The van der Waals surface area contributed by atoms with E-state index in [0.717, 1.165) is 0 Å². The van der Waals surface area contributed by atoms with Gasteiger partial charge in [-0.3, -0.25) is 0 Å².